The molecule has 1 amide bonds. The third-order valence-corrected chi connectivity index (χ3v) is 4.17. The number of alkyl halides is 1. The number of aromatic nitrogens is 1. The molecule has 2 fully saturated rings. The van der Waals surface area contributed by atoms with Crippen LogP contribution in [-0.4, -0.2) is 65.6 Å². The van der Waals surface area contributed by atoms with Crippen LogP contribution in [0.15, 0.2) is 24.4 Å². The van der Waals surface area contributed by atoms with Crippen molar-refractivity contribution in [2.75, 3.05) is 32.7 Å². The highest BCUT2D eigenvalue weighted by atomic mass is 19.1. The maximum atomic E-state index is 13.2. The molecule has 3 heterocycles. The van der Waals surface area contributed by atoms with E-state index in [1.165, 1.54) is 0 Å². The summed E-state index contributed by atoms with van der Waals surface area (Å²) in [5.41, 5.74) is 1.05. The number of carbonyl (C=O) groups is 1. The lowest BCUT2D eigenvalue weighted by Gasteiger charge is -2.35. The van der Waals surface area contributed by atoms with Crippen molar-refractivity contribution in [1.29, 1.82) is 0 Å². The van der Waals surface area contributed by atoms with Crippen LogP contribution in [-0.2, 0) is 11.3 Å². The predicted molar refractivity (Wildman–Crippen MR) is 77.4 cm³/mol. The molecule has 0 bridgehead atoms. The Balaban J connectivity index is 1.47. The zero-order valence-electron chi connectivity index (χ0n) is 12.0. The highest BCUT2D eigenvalue weighted by molar-refractivity contribution is 5.82. The predicted octanol–water partition coefficient (Wildman–Crippen LogP) is 0.426. The molecule has 2 aliphatic rings. The lowest BCUT2D eigenvalue weighted by molar-refractivity contribution is -0.135. The van der Waals surface area contributed by atoms with Gasteiger partial charge in [0, 0.05) is 51.9 Å². The molecule has 1 aromatic rings. The normalized spacial score (nSPS) is 27.0. The van der Waals surface area contributed by atoms with Crippen LogP contribution in [0.1, 0.15) is 12.1 Å². The first-order valence-corrected chi connectivity index (χ1v) is 7.51. The fourth-order valence-corrected chi connectivity index (χ4v) is 2.95. The molecule has 114 valence electrons. The molecule has 1 aromatic heterocycles. The van der Waals surface area contributed by atoms with E-state index < -0.39 is 6.17 Å². The average molecular weight is 292 g/mol. The van der Waals surface area contributed by atoms with E-state index in [1.807, 2.05) is 23.1 Å². The molecule has 5 nitrogen and oxygen atoms in total. The smallest absolute Gasteiger partial charge is 0.239 e. The van der Waals surface area contributed by atoms with E-state index in [0.717, 1.165) is 25.3 Å². The van der Waals surface area contributed by atoms with E-state index >= 15 is 0 Å². The third kappa shape index (κ3) is 3.57. The number of hydrogen-bond donors (Lipinski definition) is 1. The van der Waals surface area contributed by atoms with Gasteiger partial charge >= 0.3 is 0 Å². The molecule has 1 N–H and O–H groups in total. The summed E-state index contributed by atoms with van der Waals surface area (Å²) in [4.78, 5) is 20.8. The minimum Gasteiger partial charge on any atom is -0.339 e. The van der Waals surface area contributed by atoms with Gasteiger partial charge in [-0.2, -0.15) is 0 Å². The van der Waals surface area contributed by atoms with Crippen LogP contribution >= 0.6 is 0 Å². The van der Waals surface area contributed by atoms with Gasteiger partial charge in [-0.25, -0.2) is 4.39 Å². The molecule has 21 heavy (non-hydrogen) atoms. The zero-order valence-corrected chi connectivity index (χ0v) is 12.0. The van der Waals surface area contributed by atoms with E-state index in [9.17, 15) is 9.18 Å². The standard InChI is InChI=1S/C15H21FN4O/c16-12-9-14(18-10-12)15(21)20-7-5-19(6-8-20)11-13-3-1-2-4-17-13/h1-4,12,14,18H,5-11H2/t12-,14+/m0/s1. The molecule has 0 aromatic carbocycles. The van der Waals surface area contributed by atoms with E-state index in [2.05, 4.69) is 15.2 Å². The number of nitrogens with one attached hydrogen (secondary N) is 1. The summed E-state index contributed by atoms with van der Waals surface area (Å²) in [5, 5.41) is 2.96. The quantitative estimate of drug-likeness (QED) is 0.877. The van der Waals surface area contributed by atoms with Gasteiger partial charge in [0.1, 0.15) is 6.17 Å². The van der Waals surface area contributed by atoms with Gasteiger partial charge in [-0.1, -0.05) is 6.07 Å². The second-order valence-corrected chi connectivity index (χ2v) is 5.72. The molecule has 2 atom stereocenters. The van der Waals surface area contributed by atoms with Gasteiger partial charge in [-0.05, 0) is 12.1 Å². The maximum absolute atomic E-state index is 13.2. The minimum atomic E-state index is -0.885. The van der Waals surface area contributed by atoms with Crippen molar-refractivity contribution in [2.45, 2.75) is 25.2 Å². The van der Waals surface area contributed by atoms with Gasteiger partial charge in [0.2, 0.25) is 5.91 Å². The van der Waals surface area contributed by atoms with Crippen molar-refractivity contribution in [3.05, 3.63) is 30.1 Å². The largest absolute Gasteiger partial charge is 0.339 e. The van der Waals surface area contributed by atoms with E-state index in [4.69, 9.17) is 0 Å². The lowest BCUT2D eigenvalue weighted by Crippen LogP contribution is -2.52. The van der Waals surface area contributed by atoms with Crippen LogP contribution < -0.4 is 5.32 Å². The first-order valence-electron chi connectivity index (χ1n) is 7.51. The van der Waals surface area contributed by atoms with Gasteiger partial charge in [-0.15, -0.1) is 0 Å². The van der Waals surface area contributed by atoms with Crippen LogP contribution in [0.25, 0.3) is 0 Å². The number of pyridine rings is 1. The molecular formula is C15H21FN4O. The Morgan fingerprint density at radius 2 is 2.14 bits per heavy atom. The number of rotatable bonds is 3. The summed E-state index contributed by atoms with van der Waals surface area (Å²) in [7, 11) is 0. The van der Waals surface area contributed by atoms with Gasteiger partial charge in [0.25, 0.3) is 0 Å². The lowest BCUT2D eigenvalue weighted by atomic mass is 10.1. The number of amides is 1. The Bertz CT molecular complexity index is 476. The van der Waals surface area contributed by atoms with E-state index in [0.29, 0.717) is 26.1 Å². The molecule has 0 saturated carbocycles. The molecule has 2 saturated heterocycles. The number of halogens is 1. The Morgan fingerprint density at radius 3 is 2.76 bits per heavy atom. The number of nitrogens with zero attached hydrogens (tertiary/aromatic N) is 3. The van der Waals surface area contributed by atoms with Crippen LogP contribution in [0.5, 0.6) is 0 Å². The summed E-state index contributed by atoms with van der Waals surface area (Å²) in [5.74, 6) is 0.0487. The van der Waals surface area contributed by atoms with Crippen LogP contribution in [0, 0.1) is 0 Å². The molecule has 0 aliphatic carbocycles. The summed E-state index contributed by atoms with van der Waals surface area (Å²) >= 11 is 0. The summed E-state index contributed by atoms with van der Waals surface area (Å²) in [6, 6.07) is 5.58. The fraction of sp³-hybridized carbons (Fsp3) is 0.600. The topological polar surface area (TPSA) is 48.5 Å². The number of piperazine rings is 1. The monoisotopic (exact) mass is 292 g/mol. The van der Waals surface area contributed by atoms with Gasteiger partial charge < -0.3 is 10.2 Å². The molecule has 3 rings (SSSR count). The third-order valence-electron chi connectivity index (χ3n) is 4.17. The second-order valence-electron chi connectivity index (χ2n) is 5.72. The number of hydrogen-bond acceptors (Lipinski definition) is 4. The van der Waals surface area contributed by atoms with Crippen molar-refractivity contribution < 1.29 is 9.18 Å². The van der Waals surface area contributed by atoms with Crippen LogP contribution in [0.4, 0.5) is 4.39 Å². The van der Waals surface area contributed by atoms with Crippen molar-refractivity contribution in [1.82, 2.24) is 20.1 Å². The first kappa shape index (κ1) is 14.4. The minimum absolute atomic E-state index is 0.0487. The Morgan fingerprint density at radius 1 is 1.33 bits per heavy atom. The van der Waals surface area contributed by atoms with E-state index in [-0.39, 0.29) is 11.9 Å². The first-order chi connectivity index (χ1) is 10.2. The Hall–Kier alpha value is -1.53. The van der Waals surface area contributed by atoms with Gasteiger partial charge in [0.15, 0.2) is 0 Å². The van der Waals surface area contributed by atoms with Crippen LogP contribution in [0.2, 0.25) is 0 Å². The zero-order chi connectivity index (χ0) is 14.7. The van der Waals surface area contributed by atoms with Gasteiger partial charge in [-0.3, -0.25) is 14.7 Å². The van der Waals surface area contributed by atoms with Gasteiger partial charge in [0.05, 0.1) is 11.7 Å². The second kappa shape index (κ2) is 6.49. The summed E-state index contributed by atoms with van der Waals surface area (Å²) < 4.78 is 13.2. The summed E-state index contributed by atoms with van der Waals surface area (Å²) in [6.07, 6.45) is 1.23. The number of carbonyl (C=O) groups excluding carboxylic acids is 1. The molecule has 0 unspecified atom stereocenters. The molecule has 6 heteroatoms. The summed E-state index contributed by atoms with van der Waals surface area (Å²) in [6.45, 7) is 4.22. The molecule has 0 spiro atoms. The van der Waals surface area contributed by atoms with Crippen molar-refractivity contribution in [2.24, 2.45) is 0 Å². The van der Waals surface area contributed by atoms with Crippen molar-refractivity contribution >= 4 is 5.91 Å². The van der Waals surface area contributed by atoms with Crippen molar-refractivity contribution in [3.8, 4) is 0 Å². The van der Waals surface area contributed by atoms with Crippen molar-refractivity contribution in [3.63, 3.8) is 0 Å². The maximum Gasteiger partial charge on any atom is 0.239 e. The van der Waals surface area contributed by atoms with Crippen LogP contribution in [0.3, 0.4) is 0 Å². The highest BCUT2D eigenvalue weighted by Gasteiger charge is 2.33. The SMILES string of the molecule is O=C([C@H]1C[C@H](F)CN1)N1CCN(Cc2ccccn2)CC1. The average Bonchev–Trinajstić information content (AvgIpc) is 2.95. The highest BCUT2D eigenvalue weighted by Crippen LogP contribution is 2.14. The Kier molecular flexibility index (Phi) is 4.45. The Labute approximate surface area is 124 Å². The molecule has 2 aliphatic heterocycles. The van der Waals surface area contributed by atoms with E-state index in [1.54, 1.807) is 6.20 Å². The molecule has 0 radical (unpaired) electrons. The fourth-order valence-electron chi connectivity index (χ4n) is 2.95. The molecular weight excluding hydrogens is 271 g/mol.